The Morgan fingerprint density at radius 1 is 1.43 bits per heavy atom. The SMILES string of the molecule is O=C(O)C1=NNSC=C1.c1cn[nH]n1. The largest absolute Gasteiger partial charge is 0.476 e. The molecule has 0 saturated carbocycles. The van der Waals surface area contributed by atoms with Crippen molar-refractivity contribution in [3.63, 3.8) is 0 Å². The molecule has 1 aromatic heterocycles. The summed E-state index contributed by atoms with van der Waals surface area (Å²) in [5.74, 6) is -1.01. The number of aromatic amines is 1. The Labute approximate surface area is 83.4 Å². The maximum absolute atomic E-state index is 10.1. The van der Waals surface area contributed by atoms with E-state index in [2.05, 4.69) is 25.3 Å². The van der Waals surface area contributed by atoms with E-state index in [0.717, 1.165) is 0 Å². The van der Waals surface area contributed by atoms with Crippen molar-refractivity contribution in [3.05, 3.63) is 23.9 Å². The summed E-state index contributed by atoms with van der Waals surface area (Å²) in [5, 5.41) is 22.7. The molecule has 2 heterocycles. The summed E-state index contributed by atoms with van der Waals surface area (Å²) in [4.78, 5) is 12.6. The number of hydrogen-bond donors (Lipinski definition) is 3. The number of nitrogens with zero attached hydrogens (tertiary/aromatic N) is 3. The molecule has 1 aliphatic rings. The number of carboxylic acids is 1. The summed E-state index contributed by atoms with van der Waals surface area (Å²) in [7, 11) is 0. The number of carboxylic acid groups (broad SMARTS) is 1. The molecule has 1 aliphatic heterocycles. The predicted molar refractivity (Wildman–Crippen MR) is 51.3 cm³/mol. The van der Waals surface area contributed by atoms with Gasteiger partial charge in [0, 0.05) is 0 Å². The monoisotopic (exact) mass is 213 g/mol. The van der Waals surface area contributed by atoms with Crippen LogP contribution in [0.1, 0.15) is 0 Å². The molecule has 0 amide bonds. The Balaban J connectivity index is 0.000000165. The lowest BCUT2D eigenvalue weighted by molar-refractivity contribution is -0.129. The predicted octanol–water partition coefficient (Wildman–Crippen LogP) is -0.00320. The van der Waals surface area contributed by atoms with Gasteiger partial charge in [0.2, 0.25) is 0 Å². The van der Waals surface area contributed by atoms with Crippen LogP contribution in [0.3, 0.4) is 0 Å². The normalized spacial score (nSPS) is 13.3. The van der Waals surface area contributed by atoms with Crippen molar-refractivity contribution in [3.8, 4) is 0 Å². The minimum Gasteiger partial charge on any atom is -0.476 e. The van der Waals surface area contributed by atoms with Crippen LogP contribution < -0.4 is 4.83 Å². The Morgan fingerprint density at radius 2 is 2.14 bits per heavy atom. The van der Waals surface area contributed by atoms with Crippen molar-refractivity contribution < 1.29 is 9.90 Å². The molecule has 0 unspecified atom stereocenters. The summed E-state index contributed by atoms with van der Waals surface area (Å²) in [6.45, 7) is 0. The van der Waals surface area contributed by atoms with Crippen LogP contribution in [-0.2, 0) is 4.79 Å². The third-order valence-corrected chi connectivity index (χ3v) is 1.53. The first-order valence-corrected chi connectivity index (χ1v) is 4.36. The second-order valence-corrected chi connectivity index (χ2v) is 2.66. The molecule has 2 rings (SSSR count). The van der Waals surface area contributed by atoms with Gasteiger partial charge in [-0.15, -0.1) is 0 Å². The maximum atomic E-state index is 10.1. The van der Waals surface area contributed by atoms with Crippen LogP contribution in [0, 0.1) is 0 Å². The van der Waals surface area contributed by atoms with E-state index in [1.807, 2.05) is 0 Å². The van der Waals surface area contributed by atoms with Gasteiger partial charge in [0.05, 0.1) is 12.4 Å². The molecule has 0 bridgehead atoms. The van der Waals surface area contributed by atoms with Crippen molar-refractivity contribution in [1.29, 1.82) is 0 Å². The summed E-state index contributed by atoms with van der Waals surface area (Å²) in [6, 6.07) is 0. The van der Waals surface area contributed by atoms with Gasteiger partial charge in [0.1, 0.15) is 0 Å². The average Bonchev–Trinajstić information content (AvgIpc) is 2.77. The fraction of sp³-hybridized carbons (Fsp3) is 0. The van der Waals surface area contributed by atoms with E-state index in [1.165, 1.54) is 18.0 Å². The Hall–Kier alpha value is -1.83. The first-order valence-electron chi connectivity index (χ1n) is 3.48. The number of H-pyrrole nitrogens is 1. The third kappa shape index (κ3) is 3.72. The molecule has 3 N–H and O–H groups in total. The zero-order chi connectivity index (χ0) is 10.2. The lowest BCUT2D eigenvalue weighted by atomic mass is 10.4. The van der Waals surface area contributed by atoms with Crippen LogP contribution in [0.15, 0.2) is 29.0 Å². The van der Waals surface area contributed by atoms with Crippen LogP contribution in [0.2, 0.25) is 0 Å². The molecule has 1 aromatic rings. The van der Waals surface area contributed by atoms with Crippen molar-refractivity contribution in [2.45, 2.75) is 0 Å². The van der Waals surface area contributed by atoms with E-state index in [-0.39, 0.29) is 5.71 Å². The van der Waals surface area contributed by atoms with Crippen molar-refractivity contribution >= 4 is 23.6 Å². The quantitative estimate of drug-likeness (QED) is 0.567. The van der Waals surface area contributed by atoms with E-state index < -0.39 is 5.97 Å². The first kappa shape index (κ1) is 10.3. The second-order valence-electron chi connectivity index (χ2n) is 1.97. The van der Waals surface area contributed by atoms with Gasteiger partial charge in [0.15, 0.2) is 5.71 Å². The minimum atomic E-state index is -1.01. The lowest BCUT2D eigenvalue weighted by Crippen LogP contribution is -2.14. The molecular formula is C6H7N5O2S. The summed E-state index contributed by atoms with van der Waals surface area (Å²) in [6.07, 6.45) is 4.60. The number of rotatable bonds is 1. The zero-order valence-electron chi connectivity index (χ0n) is 6.91. The lowest BCUT2D eigenvalue weighted by Gasteiger charge is -1.99. The van der Waals surface area contributed by atoms with Gasteiger partial charge >= 0.3 is 5.97 Å². The highest BCUT2D eigenvalue weighted by atomic mass is 32.2. The molecule has 0 atom stereocenters. The molecule has 0 radical (unpaired) electrons. The molecule has 0 aromatic carbocycles. The molecule has 0 fully saturated rings. The molecule has 74 valence electrons. The summed E-state index contributed by atoms with van der Waals surface area (Å²) in [5.41, 5.74) is 0.0359. The third-order valence-electron chi connectivity index (χ3n) is 1.06. The zero-order valence-corrected chi connectivity index (χ0v) is 7.73. The van der Waals surface area contributed by atoms with Crippen LogP contribution in [0.5, 0.6) is 0 Å². The topological polar surface area (TPSA) is 103 Å². The number of aromatic nitrogens is 3. The van der Waals surface area contributed by atoms with Crippen LogP contribution in [0.4, 0.5) is 0 Å². The number of hydrazone groups is 1. The number of hydrogen-bond acceptors (Lipinski definition) is 6. The number of nitrogens with one attached hydrogen (secondary N) is 2. The second kappa shape index (κ2) is 5.75. The van der Waals surface area contributed by atoms with E-state index in [1.54, 1.807) is 17.8 Å². The Kier molecular flexibility index (Phi) is 4.21. The van der Waals surface area contributed by atoms with Crippen LogP contribution >= 0.6 is 11.9 Å². The number of carbonyl (C=O) groups is 1. The average molecular weight is 213 g/mol. The molecule has 0 saturated heterocycles. The van der Waals surface area contributed by atoms with E-state index in [4.69, 9.17) is 5.11 Å². The summed E-state index contributed by atoms with van der Waals surface area (Å²) >= 11 is 1.23. The van der Waals surface area contributed by atoms with Crippen molar-refractivity contribution in [2.75, 3.05) is 0 Å². The van der Waals surface area contributed by atoms with Gasteiger partial charge in [0.25, 0.3) is 0 Å². The van der Waals surface area contributed by atoms with Crippen molar-refractivity contribution in [2.24, 2.45) is 5.10 Å². The van der Waals surface area contributed by atoms with Gasteiger partial charge in [-0.1, -0.05) is 0 Å². The number of aliphatic carboxylic acids is 1. The van der Waals surface area contributed by atoms with E-state index >= 15 is 0 Å². The van der Waals surface area contributed by atoms with Crippen molar-refractivity contribution in [1.82, 2.24) is 20.2 Å². The van der Waals surface area contributed by atoms with E-state index in [0.29, 0.717) is 0 Å². The molecular weight excluding hydrogens is 206 g/mol. The van der Waals surface area contributed by atoms with Crippen LogP contribution in [-0.4, -0.2) is 32.2 Å². The highest BCUT2D eigenvalue weighted by molar-refractivity contribution is 8.00. The molecule has 0 aliphatic carbocycles. The standard InChI is InChI=1S/C4H4N2O2S.C2H3N3/c7-4(8)3-1-2-9-6-5-3;1-2-4-5-3-1/h1-2,6H,(H,7,8);1-2H,(H,3,4,5). The molecule has 0 spiro atoms. The first-order chi connectivity index (χ1) is 6.80. The highest BCUT2D eigenvalue weighted by Crippen LogP contribution is 2.01. The fourth-order valence-corrected chi connectivity index (χ4v) is 0.936. The highest BCUT2D eigenvalue weighted by Gasteiger charge is 2.06. The van der Waals surface area contributed by atoms with E-state index in [9.17, 15) is 4.79 Å². The van der Waals surface area contributed by atoms with Gasteiger partial charge in [-0.3, -0.25) is 0 Å². The fourth-order valence-electron chi connectivity index (χ4n) is 0.527. The molecule has 7 nitrogen and oxygen atoms in total. The van der Waals surface area contributed by atoms with Gasteiger partial charge < -0.3 is 5.11 Å². The maximum Gasteiger partial charge on any atom is 0.356 e. The van der Waals surface area contributed by atoms with Gasteiger partial charge in [-0.25, -0.2) is 9.63 Å². The summed E-state index contributed by atoms with van der Waals surface area (Å²) < 4.78 is 0. The molecule has 14 heavy (non-hydrogen) atoms. The van der Waals surface area contributed by atoms with Gasteiger partial charge in [-0.05, 0) is 23.4 Å². The minimum absolute atomic E-state index is 0.0359. The smallest absolute Gasteiger partial charge is 0.356 e. The van der Waals surface area contributed by atoms with Crippen LogP contribution in [0.25, 0.3) is 0 Å². The van der Waals surface area contributed by atoms with Gasteiger partial charge in [-0.2, -0.15) is 20.5 Å². The Morgan fingerprint density at radius 3 is 2.43 bits per heavy atom. The Bertz CT molecular complexity index is 317. The molecule has 8 heteroatoms.